The number of ether oxygens (including phenoxy) is 1. The number of benzene rings is 2. The van der Waals surface area contributed by atoms with Gasteiger partial charge < -0.3 is 29.6 Å². The van der Waals surface area contributed by atoms with Crippen LogP contribution in [0.25, 0.3) is 22.3 Å². The van der Waals surface area contributed by atoms with E-state index >= 15 is 0 Å². The topological polar surface area (TPSA) is 123 Å². The quantitative estimate of drug-likeness (QED) is 0.657. The zero-order valence-electron chi connectivity index (χ0n) is 11.9. The predicted molar refractivity (Wildman–Crippen MR) is 78.9 cm³/mol. The van der Waals surface area contributed by atoms with Crippen LogP contribution in [0.5, 0.6) is 28.7 Å². The summed E-state index contributed by atoms with van der Waals surface area (Å²) in [6.07, 6.45) is 0. The summed E-state index contributed by atoms with van der Waals surface area (Å²) < 4.78 is 10.6. The summed E-state index contributed by atoms with van der Waals surface area (Å²) in [6.45, 7) is 0. The van der Waals surface area contributed by atoms with Gasteiger partial charge in [-0.05, 0) is 6.07 Å². The van der Waals surface area contributed by atoms with Gasteiger partial charge in [0, 0.05) is 17.7 Å². The molecule has 3 aromatic rings. The Labute approximate surface area is 129 Å². The molecule has 0 bridgehead atoms. The molecule has 0 unspecified atom stereocenters. The third-order valence-electron chi connectivity index (χ3n) is 3.34. The predicted octanol–water partition coefficient (Wildman–Crippen LogP) is 1.66. The third-order valence-corrected chi connectivity index (χ3v) is 3.34. The van der Waals surface area contributed by atoms with Crippen LogP contribution in [0.4, 0.5) is 0 Å². The fraction of sp³-hybridized carbons (Fsp3) is 0.0625. The second-order valence-electron chi connectivity index (χ2n) is 4.81. The Morgan fingerprint density at radius 2 is 1.83 bits per heavy atom. The molecule has 0 radical (unpaired) electrons. The lowest BCUT2D eigenvalue weighted by Gasteiger charge is -2.12. The van der Waals surface area contributed by atoms with Crippen molar-refractivity contribution in [3.05, 3.63) is 40.6 Å². The first-order chi connectivity index (χ1) is 10.9. The number of fused-ring (bicyclic) bond motifs is 1. The summed E-state index contributed by atoms with van der Waals surface area (Å²) in [7, 11) is 1.25. The Morgan fingerprint density at radius 1 is 1.09 bits per heavy atom. The molecule has 3 rings (SSSR count). The summed E-state index contributed by atoms with van der Waals surface area (Å²) in [5.74, 6) is -2.05. The first-order valence-corrected chi connectivity index (χ1v) is 6.49. The molecular formula is C16H11O7-. The van der Waals surface area contributed by atoms with Gasteiger partial charge in [-0.2, -0.15) is 0 Å². The lowest BCUT2D eigenvalue weighted by atomic mass is 10.1. The fourth-order valence-corrected chi connectivity index (χ4v) is 2.30. The summed E-state index contributed by atoms with van der Waals surface area (Å²) in [4.78, 5) is 12.5. The van der Waals surface area contributed by atoms with Crippen LogP contribution in [0.3, 0.4) is 0 Å². The zero-order valence-corrected chi connectivity index (χ0v) is 11.9. The molecule has 0 saturated heterocycles. The lowest BCUT2D eigenvalue weighted by molar-refractivity contribution is -0.270. The van der Waals surface area contributed by atoms with Gasteiger partial charge in [-0.25, -0.2) is 0 Å². The van der Waals surface area contributed by atoms with Gasteiger partial charge in [-0.3, -0.25) is 4.79 Å². The molecule has 23 heavy (non-hydrogen) atoms. The fourth-order valence-electron chi connectivity index (χ4n) is 2.30. The minimum Gasteiger partial charge on any atom is -0.870 e. The summed E-state index contributed by atoms with van der Waals surface area (Å²) in [6, 6.07) is 5.79. The highest BCUT2D eigenvalue weighted by Gasteiger charge is 2.20. The maximum absolute atomic E-state index is 12.5. The van der Waals surface area contributed by atoms with Crippen LogP contribution in [0, 0.1) is 0 Å². The number of phenolic OH excluding ortho intramolecular Hbond substituents is 3. The van der Waals surface area contributed by atoms with E-state index in [1.54, 1.807) is 0 Å². The molecule has 2 aromatic carbocycles. The molecule has 1 aromatic heterocycles. The highest BCUT2D eigenvalue weighted by atomic mass is 16.5. The van der Waals surface area contributed by atoms with Gasteiger partial charge in [0.25, 0.3) is 0 Å². The number of hydrogen-bond acceptors (Lipinski definition) is 7. The van der Waals surface area contributed by atoms with Crippen molar-refractivity contribution in [1.29, 1.82) is 0 Å². The van der Waals surface area contributed by atoms with E-state index in [0.29, 0.717) is 0 Å². The van der Waals surface area contributed by atoms with E-state index in [2.05, 4.69) is 0 Å². The first-order valence-electron chi connectivity index (χ1n) is 6.49. The van der Waals surface area contributed by atoms with E-state index in [-0.39, 0.29) is 33.8 Å². The maximum atomic E-state index is 12.5. The van der Waals surface area contributed by atoms with Crippen molar-refractivity contribution in [2.75, 3.05) is 7.11 Å². The number of hydrogen-bond donors (Lipinski definition) is 3. The normalized spacial score (nSPS) is 10.8. The van der Waals surface area contributed by atoms with Crippen LogP contribution < -0.4 is 15.3 Å². The third kappa shape index (κ3) is 2.28. The van der Waals surface area contributed by atoms with Crippen LogP contribution >= 0.6 is 0 Å². The summed E-state index contributed by atoms with van der Waals surface area (Å²) >= 11 is 0. The molecule has 1 heterocycles. The SMILES string of the molecule is COc1c(-c2ccc([O-])c(O)c2)oc2cc(O)cc(O)c2c1=O. The standard InChI is InChI=1S/C16H12O7/c1-22-16-14(21)13-11(20)5-8(17)6-12(13)23-15(16)7-2-3-9(18)10(19)4-7/h2-6,17-20H,1H3/p-1. The van der Waals surface area contributed by atoms with Crippen LogP contribution in [0.15, 0.2) is 39.5 Å². The molecule has 0 saturated carbocycles. The second-order valence-corrected chi connectivity index (χ2v) is 4.81. The molecule has 118 valence electrons. The molecule has 0 aliphatic rings. The van der Waals surface area contributed by atoms with E-state index in [1.165, 1.54) is 19.2 Å². The summed E-state index contributed by atoms with van der Waals surface area (Å²) in [5.41, 5.74) is -0.471. The molecule has 0 atom stereocenters. The Kier molecular flexibility index (Phi) is 3.25. The van der Waals surface area contributed by atoms with Crippen molar-refractivity contribution in [3.8, 4) is 40.1 Å². The van der Waals surface area contributed by atoms with Crippen LogP contribution in [0.2, 0.25) is 0 Å². The largest absolute Gasteiger partial charge is 0.870 e. The second kappa shape index (κ2) is 5.13. The van der Waals surface area contributed by atoms with Gasteiger partial charge in [0.15, 0.2) is 5.76 Å². The number of methoxy groups -OCH3 is 1. The van der Waals surface area contributed by atoms with E-state index in [9.17, 15) is 25.2 Å². The number of rotatable bonds is 2. The van der Waals surface area contributed by atoms with Crippen molar-refractivity contribution in [1.82, 2.24) is 0 Å². The van der Waals surface area contributed by atoms with Crippen LogP contribution in [-0.4, -0.2) is 22.4 Å². The first kappa shape index (κ1) is 14.6. The molecule has 0 fully saturated rings. The smallest absolute Gasteiger partial charge is 0.239 e. The van der Waals surface area contributed by atoms with Crippen LogP contribution in [0.1, 0.15) is 0 Å². The highest BCUT2D eigenvalue weighted by molar-refractivity contribution is 5.88. The molecule has 7 heteroatoms. The average Bonchev–Trinajstić information content (AvgIpc) is 2.49. The number of phenols is 3. The van der Waals surface area contributed by atoms with Crippen molar-refractivity contribution in [3.63, 3.8) is 0 Å². The molecule has 0 amide bonds. The van der Waals surface area contributed by atoms with E-state index in [0.717, 1.165) is 18.2 Å². The monoisotopic (exact) mass is 315 g/mol. The van der Waals surface area contributed by atoms with Crippen molar-refractivity contribution < 1.29 is 29.6 Å². The van der Waals surface area contributed by atoms with E-state index in [1.807, 2.05) is 0 Å². The Balaban J connectivity index is 2.40. The average molecular weight is 315 g/mol. The Hall–Kier alpha value is -3.35. The van der Waals surface area contributed by atoms with Crippen molar-refractivity contribution in [2.45, 2.75) is 0 Å². The minimum absolute atomic E-state index is 0.0368. The molecule has 3 N–H and O–H groups in total. The van der Waals surface area contributed by atoms with Crippen LogP contribution in [-0.2, 0) is 0 Å². The van der Waals surface area contributed by atoms with Crippen molar-refractivity contribution >= 4 is 11.0 Å². The van der Waals surface area contributed by atoms with Gasteiger partial charge in [0.1, 0.15) is 28.2 Å². The van der Waals surface area contributed by atoms with Gasteiger partial charge in [-0.15, -0.1) is 0 Å². The zero-order chi connectivity index (χ0) is 16.7. The van der Waals surface area contributed by atoms with Gasteiger partial charge in [0.2, 0.25) is 11.2 Å². The van der Waals surface area contributed by atoms with E-state index < -0.39 is 22.7 Å². The number of aromatic hydroxyl groups is 3. The van der Waals surface area contributed by atoms with Crippen molar-refractivity contribution in [2.24, 2.45) is 0 Å². The molecular weight excluding hydrogens is 304 g/mol. The Morgan fingerprint density at radius 3 is 2.48 bits per heavy atom. The maximum Gasteiger partial charge on any atom is 0.239 e. The lowest BCUT2D eigenvalue weighted by Crippen LogP contribution is -2.07. The van der Waals surface area contributed by atoms with E-state index in [4.69, 9.17) is 9.15 Å². The van der Waals surface area contributed by atoms with Gasteiger partial charge >= 0.3 is 0 Å². The minimum atomic E-state index is -0.646. The molecule has 7 nitrogen and oxygen atoms in total. The molecule has 0 aliphatic carbocycles. The van der Waals surface area contributed by atoms with Gasteiger partial charge in [-0.1, -0.05) is 17.9 Å². The molecule has 0 spiro atoms. The Bertz CT molecular complexity index is 972. The van der Waals surface area contributed by atoms with Gasteiger partial charge in [0.05, 0.1) is 7.11 Å². The highest BCUT2D eigenvalue weighted by Crippen LogP contribution is 2.37. The summed E-state index contributed by atoms with van der Waals surface area (Å²) in [5, 5.41) is 40.1. The molecule has 0 aliphatic heterocycles.